The molecular formula is C13H21ClN4O. The highest BCUT2D eigenvalue weighted by atomic mass is 35.5. The van der Waals surface area contributed by atoms with Crippen LogP contribution in [0.3, 0.4) is 0 Å². The molecule has 5 nitrogen and oxygen atoms in total. The van der Waals surface area contributed by atoms with Crippen molar-refractivity contribution in [1.82, 2.24) is 14.9 Å². The molecule has 1 atom stereocenters. The fourth-order valence-electron chi connectivity index (χ4n) is 1.81. The van der Waals surface area contributed by atoms with Crippen molar-refractivity contribution < 1.29 is 4.79 Å². The van der Waals surface area contributed by atoms with Gasteiger partial charge in [-0.1, -0.05) is 11.6 Å². The van der Waals surface area contributed by atoms with E-state index in [1.807, 2.05) is 27.7 Å². The van der Waals surface area contributed by atoms with Gasteiger partial charge in [-0.05, 0) is 34.6 Å². The van der Waals surface area contributed by atoms with Gasteiger partial charge in [-0.15, -0.1) is 0 Å². The van der Waals surface area contributed by atoms with Crippen molar-refractivity contribution in [2.75, 3.05) is 18.4 Å². The fraction of sp³-hybridized carbons (Fsp3) is 0.615. The van der Waals surface area contributed by atoms with E-state index in [0.29, 0.717) is 29.9 Å². The zero-order valence-corrected chi connectivity index (χ0v) is 12.9. The first kappa shape index (κ1) is 15.7. The lowest BCUT2D eigenvalue weighted by Gasteiger charge is -2.24. The summed E-state index contributed by atoms with van der Waals surface area (Å²) in [6, 6.07) is -0.344. The van der Waals surface area contributed by atoms with Gasteiger partial charge in [-0.25, -0.2) is 9.97 Å². The molecule has 1 aromatic rings. The van der Waals surface area contributed by atoms with Gasteiger partial charge in [-0.3, -0.25) is 4.79 Å². The van der Waals surface area contributed by atoms with E-state index in [0.717, 1.165) is 5.56 Å². The highest BCUT2D eigenvalue weighted by molar-refractivity contribution is 6.30. The second-order valence-electron chi connectivity index (χ2n) is 4.41. The highest BCUT2D eigenvalue weighted by Crippen LogP contribution is 2.20. The summed E-state index contributed by atoms with van der Waals surface area (Å²) in [5.41, 5.74) is 0.756. The van der Waals surface area contributed by atoms with Crippen molar-refractivity contribution in [3.05, 3.63) is 16.5 Å². The van der Waals surface area contributed by atoms with E-state index in [1.165, 1.54) is 0 Å². The molecule has 0 aliphatic rings. The quantitative estimate of drug-likeness (QED) is 0.844. The van der Waals surface area contributed by atoms with Crippen molar-refractivity contribution >= 4 is 23.3 Å². The molecule has 0 aliphatic heterocycles. The van der Waals surface area contributed by atoms with E-state index >= 15 is 0 Å². The summed E-state index contributed by atoms with van der Waals surface area (Å²) in [5.74, 6) is 1.25. The summed E-state index contributed by atoms with van der Waals surface area (Å²) in [6.45, 7) is 10.8. The number of hydrogen-bond donors (Lipinski definition) is 1. The first-order valence-electron chi connectivity index (χ1n) is 6.46. The Hall–Kier alpha value is -1.36. The molecule has 1 heterocycles. The van der Waals surface area contributed by atoms with Crippen molar-refractivity contribution in [2.24, 2.45) is 0 Å². The van der Waals surface area contributed by atoms with E-state index in [2.05, 4.69) is 15.3 Å². The van der Waals surface area contributed by atoms with Gasteiger partial charge in [0.1, 0.15) is 22.8 Å². The number of nitrogens with one attached hydrogen (secondary N) is 1. The van der Waals surface area contributed by atoms with Crippen molar-refractivity contribution in [1.29, 1.82) is 0 Å². The Balaban J connectivity index is 2.88. The molecule has 1 N–H and O–H groups in total. The third-order valence-electron chi connectivity index (χ3n) is 3.00. The van der Waals surface area contributed by atoms with Crippen LogP contribution in [-0.4, -0.2) is 39.9 Å². The van der Waals surface area contributed by atoms with Crippen molar-refractivity contribution in [3.63, 3.8) is 0 Å². The van der Waals surface area contributed by atoms with Gasteiger partial charge in [0.05, 0.1) is 0 Å². The van der Waals surface area contributed by atoms with Crippen LogP contribution in [0.5, 0.6) is 0 Å². The van der Waals surface area contributed by atoms with E-state index < -0.39 is 0 Å². The Labute approximate surface area is 119 Å². The van der Waals surface area contributed by atoms with Crippen LogP contribution in [0, 0.1) is 13.8 Å². The smallest absolute Gasteiger partial charge is 0.244 e. The lowest BCUT2D eigenvalue weighted by molar-refractivity contribution is -0.131. The number of halogens is 1. The summed E-state index contributed by atoms with van der Waals surface area (Å²) in [6.07, 6.45) is 0. The molecule has 6 heteroatoms. The van der Waals surface area contributed by atoms with Crippen LogP contribution in [0.15, 0.2) is 0 Å². The minimum absolute atomic E-state index is 0.0526. The van der Waals surface area contributed by atoms with Gasteiger partial charge in [-0.2, -0.15) is 0 Å². The molecule has 0 fully saturated rings. The van der Waals surface area contributed by atoms with Crippen LogP contribution < -0.4 is 5.32 Å². The number of rotatable bonds is 5. The zero-order valence-electron chi connectivity index (χ0n) is 12.1. The number of aryl methyl sites for hydroxylation is 1. The van der Waals surface area contributed by atoms with Crippen LogP contribution >= 0.6 is 11.6 Å². The van der Waals surface area contributed by atoms with Gasteiger partial charge in [0.25, 0.3) is 0 Å². The number of carbonyl (C=O) groups excluding carboxylic acids is 1. The third kappa shape index (κ3) is 3.80. The van der Waals surface area contributed by atoms with Crippen LogP contribution in [-0.2, 0) is 4.79 Å². The second-order valence-corrected chi connectivity index (χ2v) is 4.77. The third-order valence-corrected chi connectivity index (χ3v) is 3.36. The fourth-order valence-corrected chi connectivity index (χ4v) is 2.02. The predicted molar refractivity (Wildman–Crippen MR) is 77.5 cm³/mol. The molecule has 0 spiro atoms. The number of likely N-dealkylation sites (N-methyl/N-ethyl adjacent to an activating group) is 1. The maximum absolute atomic E-state index is 12.2. The summed E-state index contributed by atoms with van der Waals surface area (Å²) < 4.78 is 0. The first-order chi connectivity index (χ1) is 8.90. The molecule has 1 aromatic heterocycles. The Kier molecular flexibility index (Phi) is 5.54. The summed E-state index contributed by atoms with van der Waals surface area (Å²) in [7, 11) is 0. The van der Waals surface area contributed by atoms with Crippen LogP contribution in [0.2, 0.25) is 5.15 Å². The molecule has 0 saturated heterocycles. The zero-order chi connectivity index (χ0) is 14.6. The maximum atomic E-state index is 12.2. The lowest BCUT2D eigenvalue weighted by atomic mass is 10.2. The monoisotopic (exact) mass is 284 g/mol. The van der Waals surface area contributed by atoms with Crippen LogP contribution in [0.1, 0.15) is 32.2 Å². The summed E-state index contributed by atoms with van der Waals surface area (Å²) >= 11 is 6.01. The van der Waals surface area contributed by atoms with Gasteiger partial charge >= 0.3 is 0 Å². The molecule has 0 aromatic carbocycles. The number of aromatic nitrogens is 2. The highest BCUT2D eigenvalue weighted by Gasteiger charge is 2.19. The largest absolute Gasteiger partial charge is 0.358 e. The molecule has 0 aliphatic carbocycles. The minimum Gasteiger partial charge on any atom is -0.358 e. The summed E-state index contributed by atoms with van der Waals surface area (Å²) in [4.78, 5) is 22.3. The SMILES string of the molecule is CCN(CC)C(=O)C(C)Nc1nc(C)nc(Cl)c1C. The topological polar surface area (TPSA) is 58.1 Å². The van der Waals surface area contributed by atoms with Gasteiger partial charge < -0.3 is 10.2 Å². The van der Waals surface area contributed by atoms with Gasteiger partial charge in [0, 0.05) is 18.7 Å². The summed E-state index contributed by atoms with van der Waals surface area (Å²) in [5, 5.41) is 3.53. The molecule has 1 unspecified atom stereocenters. The number of amides is 1. The lowest BCUT2D eigenvalue weighted by Crippen LogP contribution is -2.41. The Morgan fingerprint density at radius 3 is 2.42 bits per heavy atom. The van der Waals surface area contributed by atoms with Crippen molar-refractivity contribution in [3.8, 4) is 0 Å². The Morgan fingerprint density at radius 1 is 1.32 bits per heavy atom. The molecule has 1 amide bonds. The Bertz CT molecular complexity index is 460. The number of nitrogens with zero attached hydrogens (tertiary/aromatic N) is 3. The molecule has 0 saturated carbocycles. The van der Waals surface area contributed by atoms with Crippen LogP contribution in [0.25, 0.3) is 0 Å². The number of hydrogen-bond acceptors (Lipinski definition) is 4. The molecule has 106 valence electrons. The minimum atomic E-state index is -0.344. The molecular weight excluding hydrogens is 264 g/mol. The second kappa shape index (κ2) is 6.70. The van der Waals surface area contributed by atoms with Gasteiger partial charge in [0.2, 0.25) is 5.91 Å². The first-order valence-corrected chi connectivity index (χ1v) is 6.84. The van der Waals surface area contributed by atoms with E-state index in [9.17, 15) is 4.79 Å². The molecule has 1 rings (SSSR count). The average molecular weight is 285 g/mol. The predicted octanol–water partition coefficient (Wildman–Crippen LogP) is 2.42. The van der Waals surface area contributed by atoms with E-state index in [1.54, 1.807) is 11.8 Å². The average Bonchev–Trinajstić information content (AvgIpc) is 2.36. The number of carbonyl (C=O) groups is 1. The molecule has 0 radical (unpaired) electrons. The van der Waals surface area contributed by atoms with Crippen molar-refractivity contribution in [2.45, 2.75) is 40.7 Å². The maximum Gasteiger partial charge on any atom is 0.244 e. The Morgan fingerprint density at radius 2 is 1.89 bits per heavy atom. The number of anilines is 1. The molecule has 19 heavy (non-hydrogen) atoms. The normalized spacial score (nSPS) is 12.1. The van der Waals surface area contributed by atoms with Crippen LogP contribution in [0.4, 0.5) is 5.82 Å². The van der Waals surface area contributed by atoms with E-state index in [4.69, 9.17) is 11.6 Å². The standard InChI is InChI=1S/C13H21ClN4O/c1-6-18(7-2)13(19)9(4)15-12-8(3)11(14)16-10(5)17-12/h9H,6-7H2,1-5H3,(H,15,16,17). The van der Waals surface area contributed by atoms with E-state index in [-0.39, 0.29) is 11.9 Å². The van der Waals surface area contributed by atoms with Gasteiger partial charge in [0.15, 0.2) is 0 Å². The molecule has 0 bridgehead atoms.